The molecule has 3 aliphatic rings. The maximum atomic E-state index is 11.9. The van der Waals surface area contributed by atoms with Gasteiger partial charge in [-0.15, -0.1) is 0 Å². The van der Waals surface area contributed by atoms with Gasteiger partial charge in [-0.05, 0) is 25.8 Å². The number of nitrogens with one attached hydrogen (secondary N) is 2. The van der Waals surface area contributed by atoms with Crippen molar-refractivity contribution in [3.05, 3.63) is 0 Å². The van der Waals surface area contributed by atoms with Gasteiger partial charge < -0.3 is 42.6 Å². The van der Waals surface area contributed by atoms with Crippen LogP contribution in [-0.4, -0.2) is 78.1 Å². The number of carbonyl (C=O) groups excluding carboxylic acids is 1. The van der Waals surface area contributed by atoms with Gasteiger partial charge in [0.1, 0.15) is 18.7 Å². The summed E-state index contributed by atoms with van der Waals surface area (Å²) in [4.78, 5) is 22.5. The highest BCUT2D eigenvalue weighted by atomic mass is 16.5. The van der Waals surface area contributed by atoms with Crippen molar-refractivity contribution in [2.24, 2.45) is 27.2 Å². The Bertz CT molecular complexity index is 612. The summed E-state index contributed by atoms with van der Waals surface area (Å²) >= 11 is 0. The van der Waals surface area contributed by atoms with Crippen LogP contribution in [0.1, 0.15) is 32.1 Å². The highest BCUT2D eigenvalue weighted by molar-refractivity contribution is 5.87. The van der Waals surface area contributed by atoms with Crippen LogP contribution in [0.15, 0.2) is 9.98 Å². The van der Waals surface area contributed by atoms with Gasteiger partial charge in [-0.25, -0.2) is 14.8 Å². The summed E-state index contributed by atoms with van der Waals surface area (Å²) in [5.41, 5.74) is 16.5. The Morgan fingerprint density at radius 1 is 1.33 bits per heavy atom. The summed E-state index contributed by atoms with van der Waals surface area (Å²) < 4.78 is 5.31. The third-order valence-corrected chi connectivity index (χ3v) is 5.36. The van der Waals surface area contributed by atoms with Gasteiger partial charge in [0.2, 0.25) is 0 Å². The van der Waals surface area contributed by atoms with Gasteiger partial charge in [-0.3, -0.25) is 0 Å². The van der Waals surface area contributed by atoms with E-state index in [2.05, 4.69) is 20.6 Å². The maximum Gasteiger partial charge on any atom is 0.407 e. The minimum absolute atomic E-state index is 0.00510. The van der Waals surface area contributed by atoms with Gasteiger partial charge in [0.25, 0.3) is 0 Å². The molecule has 1 spiro atoms. The highest BCUT2D eigenvalue weighted by Crippen LogP contribution is 2.39. The number of hydrogen-bond acceptors (Lipinski definition) is 10. The van der Waals surface area contributed by atoms with Crippen LogP contribution in [0.3, 0.4) is 0 Å². The number of nitrogens with zero attached hydrogens (tertiary/aromatic N) is 3. The Balaban J connectivity index is 1.53. The summed E-state index contributed by atoms with van der Waals surface area (Å²) in [5, 5.41) is 16.3. The van der Waals surface area contributed by atoms with Crippen molar-refractivity contribution < 1.29 is 14.6 Å². The zero-order valence-electron chi connectivity index (χ0n) is 15.4. The predicted octanol–water partition coefficient (Wildman–Crippen LogP) is -2.02. The van der Waals surface area contributed by atoms with Crippen LogP contribution < -0.4 is 27.8 Å². The van der Waals surface area contributed by atoms with Crippen LogP contribution in [0.2, 0.25) is 0 Å². The lowest BCUT2D eigenvalue weighted by atomic mass is 9.89. The molecule has 0 aromatic heterocycles. The number of nitrogens with two attached hydrogens (primary N) is 3. The largest absolute Gasteiger partial charge is 0.447 e. The molecule has 152 valence electrons. The smallest absolute Gasteiger partial charge is 0.407 e. The second-order valence-electron chi connectivity index (χ2n) is 7.15. The Morgan fingerprint density at radius 2 is 2.11 bits per heavy atom. The quantitative estimate of drug-likeness (QED) is 0.260. The van der Waals surface area contributed by atoms with Crippen LogP contribution in [0.25, 0.3) is 0 Å². The number of alkyl carbamates (subject to hydrolysis) is 1. The molecule has 2 unspecified atom stereocenters. The average molecular weight is 382 g/mol. The van der Waals surface area contributed by atoms with Crippen molar-refractivity contribution in [2.75, 3.05) is 26.2 Å². The van der Waals surface area contributed by atoms with Crippen molar-refractivity contribution in [3.8, 4) is 0 Å². The third-order valence-electron chi connectivity index (χ3n) is 5.36. The van der Waals surface area contributed by atoms with Crippen LogP contribution in [-0.2, 0) is 4.74 Å². The van der Waals surface area contributed by atoms with E-state index in [0.717, 1.165) is 25.7 Å². The average Bonchev–Trinajstić information content (AvgIpc) is 3.16. The first-order valence-electron chi connectivity index (χ1n) is 9.50. The van der Waals surface area contributed by atoms with Crippen molar-refractivity contribution in [1.29, 1.82) is 0 Å². The number of aliphatic imine (C=N–C) groups is 2. The van der Waals surface area contributed by atoms with E-state index in [1.807, 2.05) is 0 Å². The van der Waals surface area contributed by atoms with Gasteiger partial charge >= 0.3 is 6.09 Å². The van der Waals surface area contributed by atoms with Crippen molar-refractivity contribution in [1.82, 2.24) is 15.5 Å². The molecule has 0 radical (unpaired) electrons. The third kappa shape index (κ3) is 3.74. The molecular weight excluding hydrogens is 352 g/mol. The maximum absolute atomic E-state index is 11.9. The topological polar surface area (TPSA) is 177 Å². The Labute approximate surface area is 158 Å². The van der Waals surface area contributed by atoms with Gasteiger partial charge in [-0.2, -0.15) is 0 Å². The van der Waals surface area contributed by atoms with Crippen LogP contribution in [0.4, 0.5) is 4.79 Å². The molecule has 4 atom stereocenters. The van der Waals surface area contributed by atoms with E-state index in [4.69, 9.17) is 21.9 Å². The summed E-state index contributed by atoms with van der Waals surface area (Å²) in [7, 11) is 0. The number of guanidine groups is 2. The SMILES string of the molecule is NCCCCCCNC(=O)OCC1N=C(N)N2CC[C@H](O)C23NC(N)=N[C@@H]13. The summed E-state index contributed by atoms with van der Waals surface area (Å²) in [6, 6.07) is -0.996. The molecule has 9 N–H and O–H groups in total. The van der Waals surface area contributed by atoms with E-state index in [1.54, 1.807) is 4.90 Å². The first kappa shape index (κ1) is 19.5. The molecule has 3 heterocycles. The summed E-state index contributed by atoms with van der Waals surface area (Å²) in [6.45, 7) is 1.80. The Hall–Kier alpha value is -2.27. The van der Waals surface area contributed by atoms with Crippen molar-refractivity contribution in [2.45, 2.75) is 56.0 Å². The molecule has 11 nitrogen and oxygen atoms in total. The van der Waals surface area contributed by atoms with E-state index in [9.17, 15) is 9.90 Å². The predicted molar refractivity (Wildman–Crippen MR) is 101 cm³/mol. The van der Waals surface area contributed by atoms with Crippen LogP contribution in [0.5, 0.6) is 0 Å². The molecule has 0 saturated carbocycles. The van der Waals surface area contributed by atoms with E-state index in [0.29, 0.717) is 26.1 Å². The molecule has 27 heavy (non-hydrogen) atoms. The molecule has 0 bridgehead atoms. The standard InChI is InChI=1S/C16H30N8O3/c17-6-3-1-2-4-7-20-15(26)27-9-10-12-16(23-13(18)22-12)11(25)5-8-24(16)14(19)21-10/h10-12,25H,1-9,17H2,(H2,19,21)(H,20,26)(H3,18,22,23)/t10?,11-,12-,16?/m0/s1. The molecule has 0 aromatic carbocycles. The zero-order chi connectivity index (χ0) is 19.4. The lowest BCUT2D eigenvalue weighted by molar-refractivity contribution is 0.0146. The highest BCUT2D eigenvalue weighted by Gasteiger charge is 2.62. The first-order valence-corrected chi connectivity index (χ1v) is 9.50. The number of aliphatic hydroxyl groups is 1. The molecule has 3 aliphatic heterocycles. The van der Waals surface area contributed by atoms with Crippen LogP contribution >= 0.6 is 0 Å². The summed E-state index contributed by atoms with van der Waals surface area (Å²) in [5.74, 6) is 0.511. The molecule has 0 aromatic rings. The monoisotopic (exact) mass is 382 g/mol. The molecule has 0 aliphatic carbocycles. The number of ether oxygens (including phenoxy) is 1. The lowest BCUT2D eigenvalue weighted by Gasteiger charge is -2.46. The molecule has 1 amide bonds. The number of amides is 1. The summed E-state index contributed by atoms with van der Waals surface area (Å²) in [6.07, 6.45) is 3.26. The van der Waals surface area contributed by atoms with Gasteiger partial charge in [-0.1, -0.05) is 12.8 Å². The van der Waals surface area contributed by atoms with Crippen molar-refractivity contribution in [3.63, 3.8) is 0 Å². The number of carbonyl (C=O) groups is 1. The fraction of sp³-hybridized carbons (Fsp3) is 0.812. The Morgan fingerprint density at radius 3 is 2.89 bits per heavy atom. The van der Waals surface area contributed by atoms with E-state index in [1.165, 1.54) is 0 Å². The molecule has 1 fully saturated rings. The molecule has 11 heteroatoms. The molecular formula is C16H30N8O3. The fourth-order valence-electron chi connectivity index (χ4n) is 4.05. The zero-order valence-corrected chi connectivity index (χ0v) is 15.4. The van der Waals surface area contributed by atoms with Crippen LogP contribution in [0, 0.1) is 0 Å². The lowest BCUT2D eigenvalue weighted by Crippen LogP contribution is -2.72. The van der Waals surface area contributed by atoms with Crippen molar-refractivity contribution >= 4 is 18.0 Å². The minimum atomic E-state index is -0.913. The van der Waals surface area contributed by atoms with Gasteiger partial charge in [0.15, 0.2) is 17.6 Å². The number of hydrogen-bond donors (Lipinski definition) is 6. The fourth-order valence-corrected chi connectivity index (χ4v) is 4.05. The number of unbranched alkanes of at least 4 members (excludes halogenated alkanes) is 3. The van der Waals surface area contributed by atoms with Gasteiger partial charge in [0.05, 0.1) is 6.10 Å². The van der Waals surface area contributed by atoms with E-state index in [-0.39, 0.29) is 18.5 Å². The first-order chi connectivity index (χ1) is 13.0. The second kappa shape index (κ2) is 8.17. The molecule has 1 saturated heterocycles. The van der Waals surface area contributed by atoms with E-state index >= 15 is 0 Å². The molecule has 3 rings (SSSR count). The van der Waals surface area contributed by atoms with Gasteiger partial charge in [0, 0.05) is 13.1 Å². The number of rotatable bonds is 8. The minimum Gasteiger partial charge on any atom is -0.447 e. The van der Waals surface area contributed by atoms with E-state index < -0.39 is 29.9 Å². The second-order valence-corrected chi connectivity index (χ2v) is 7.15. The number of aliphatic hydroxyl groups excluding tert-OH is 1. The Kier molecular flexibility index (Phi) is 5.90. The normalized spacial score (nSPS) is 31.5.